The van der Waals surface area contributed by atoms with Crippen LogP contribution in [0.3, 0.4) is 0 Å². The van der Waals surface area contributed by atoms with Crippen molar-refractivity contribution in [2.24, 2.45) is 0 Å². The molecule has 10 heteroatoms. The highest BCUT2D eigenvalue weighted by Gasteiger charge is 2.38. The summed E-state index contributed by atoms with van der Waals surface area (Å²) in [5.74, 6) is -3.79. The summed E-state index contributed by atoms with van der Waals surface area (Å²) in [4.78, 5) is 12.2. The number of carbonyl (C=O) groups is 1. The lowest BCUT2D eigenvalue weighted by atomic mass is 9.94. The fourth-order valence-electron chi connectivity index (χ4n) is 3.16. The zero-order valence-corrected chi connectivity index (χ0v) is 15.5. The molecule has 0 atom stereocenters. The summed E-state index contributed by atoms with van der Waals surface area (Å²) in [5, 5.41) is 2.05. The third-order valence-corrected chi connectivity index (χ3v) is 4.57. The van der Waals surface area contributed by atoms with E-state index >= 15 is 0 Å². The van der Waals surface area contributed by atoms with Gasteiger partial charge in [0.05, 0.1) is 16.7 Å². The molecule has 2 aromatic carbocycles. The second-order valence-corrected chi connectivity index (χ2v) is 6.64. The summed E-state index contributed by atoms with van der Waals surface area (Å²) in [6.45, 7) is 0. The molecule has 0 saturated heterocycles. The number of halogens is 8. The predicted molar refractivity (Wildman–Crippen MR) is 97.1 cm³/mol. The Kier molecular flexibility index (Phi) is 5.93. The normalized spacial score (nSPS) is 15.0. The largest absolute Gasteiger partial charge is 0.417 e. The second-order valence-electron chi connectivity index (χ2n) is 6.64. The molecule has 0 fully saturated rings. The lowest BCUT2D eigenvalue weighted by Crippen LogP contribution is -2.18. The van der Waals surface area contributed by atoms with Gasteiger partial charge in [-0.3, -0.25) is 4.79 Å². The molecule has 0 saturated carbocycles. The van der Waals surface area contributed by atoms with E-state index in [0.29, 0.717) is 12.1 Å². The minimum Gasteiger partial charge on any atom is -0.322 e. The number of hydrogen-bond acceptors (Lipinski definition) is 1. The molecule has 0 radical (unpaired) electrons. The van der Waals surface area contributed by atoms with Gasteiger partial charge in [0.2, 0.25) is 0 Å². The Balaban J connectivity index is 2.05. The summed E-state index contributed by atoms with van der Waals surface area (Å²) >= 11 is 0. The number of anilines is 1. The van der Waals surface area contributed by atoms with E-state index in [1.54, 1.807) is 0 Å². The van der Waals surface area contributed by atoms with Crippen molar-refractivity contribution in [3.05, 3.63) is 76.9 Å². The third kappa shape index (κ3) is 4.78. The quantitative estimate of drug-likeness (QED) is 0.496. The Bertz CT molecular complexity index is 1080. The van der Waals surface area contributed by atoms with Crippen LogP contribution in [0.2, 0.25) is 0 Å². The van der Waals surface area contributed by atoms with Crippen molar-refractivity contribution in [1.82, 2.24) is 0 Å². The molecule has 0 heterocycles. The first-order chi connectivity index (χ1) is 14.4. The van der Waals surface area contributed by atoms with Crippen molar-refractivity contribution >= 4 is 11.6 Å². The molecular weight excluding hydrogens is 434 g/mol. The smallest absolute Gasteiger partial charge is 0.322 e. The molecule has 1 amide bonds. The lowest BCUT2D eigenvalue weighted by molar-refractivity contribution is -0.139. The minimum absolute atomic E-state index is 0.0307. The molecule has 0 unspecified atom stereocenters. The Morgan fingerprint density at radius 3 is 2.10 bits per heavy atom. The third-order valence-electron chi connectivity index (χ3n) is 4.57. The molecule has 0 aliphatic heterocycles. The number of carbonyl (C=O) groups excluding carboxylic acids is 1. The molecular formula is C21H13F8NO. The van der Waals surface area contributed by atoms with Gasteiger partial charge in [-0.15, -0.1) is 0 Å². The van der Waals surface area contributed by atoms with Gasteiger partial charge in [0, 0.05) is 5.69 Å². The summed E-state index contributed by atoms with van der Waals surface area (Å²) in [6.07, 6.45) is -9.15. The van der Waals surface area contributed by atoms with Gasteiger partial charge in [0.1, 0.15) is 0 Å². The maximum absolute atomic E-state index is 13.8. The highest BCUT2D eigenvalue weighted by molar-refractivity contribution is 6.04. The van der Waals surface area contributed by atoms with Crippen molar-refractivity contribution < 1.29 is 39.9 Å². The first kappa shape index (κ1) is 22.5. The van der Waals surface area contributed by atoms with Crippen LogP contribution in [0.25, 0.3) is 11.1 Å². The summed E-state index contributed by atoms with van der Waals surface area (Å²) in [7, 11) is 0. The molecule has 0 bridgehead atoms. The van der Waals surface area contributed by atoms with E-state index < -0.39 is 63.4 Å². The fourth-order valence-corrected chi connectivity index (χ4v) is 3.16. The molecule has 2 nitrogen and oxygen atoms in total. The number of alkyl halides is 6. The van der Waals surface area contributed by atoms with Crippen molar-refractivity contribution in [2.75, 3.05) is 5.32 Å². The molecule has 0 spiro atoms. The standard InChI is InChI=1S/C21H13F8NO/c22-17-7-3-5-14(18(17)23)19(31)30-11-8-9-13(16(10-11)21(27,28)29)12-4-1-2-6-15(12)20(24,25)26/h1-2,4,6-10H,3,5H2,(H,30,31). The van der Waals surface area contributed by atoms with Crippen LogP contribution < -0.4 is 5.32 Å². The van der Waals surface area contributed by atoms with Gasteiger partial charge in [-0.05, 0) is 48.2 Å². The Morgan fingerprint density at radius 1 is 0.839 bits per heavy atom. The number of hydrogen-bond donors (Lipinski definition) is 1. The van der Waals surface area contributed by atoms with Gasteiger partial charge in [0.25, 0.3) is 5.91 Å². The number of benzene rings is 2. The molecule has 0 aromatic heterocycles. The van der Waals surface area contributed by atoms with Crippen LogP contribution >= 0.6 is 0 Å². The van der Waals surface area contributed by atoms with Gasteiger partial charge >= 0.3 is 12.4 Å². The average molecular weight is 447 g/mol. The van der Waals surface area contributed by atoms with Gasteiger partial charge in [0.15, 0.2) is 11.7 Å². The van der Waals surface area contributed by atoms with Crippen LogP contribution in [0, 0.1) is 0 Å². The van der Waals surface area contributed by atoms with Crippen LogP contribution in [0.1, 0.15) is 24.0 Å². The number of amides is 1. The van der Waals surface area contributed by atoms with E-state index in [1.807, 2.05) is 5.32 Å². The van der Waals surface area contributed by atoms with Crippen molar-refractivity contribution in [2.45, 2.75) is 25.2 Å². The van der Waals surface area contributed by atoms with Gasteiger partial charge in [-0.2, -0.15) is 26.3 Å². The van der Waals surface area contributed by atoms with Gasteiger partial charge < -0.3 is 5.32 Å². The first-order valence-corrected chi connectivity index (χ1v) is 8.83. The highest BCUT2D eigenvalue weighted by atomic mass is 19.4. The molecule has 1 aliphatic carbocycles. The molecule has 31 heavy (non-hydrogen) atoms. The maximum Gasteiger partial charge on any atom is 0.417 e. The topological polar surface area (TPSA) is 29.1 Å². The first-order valence-electron chi connectivity index (χ1n) is 8.83. The number of nitrogens with one attached hydrogen (secondary N) is 1. The fraction of sp³-hybridized carbons (Fsp3) is 0.190. The van der Waals surface area contributed by atoms with Crippen LogP contribution in [-0.2, 0) is 17.1 Å². The molecule has 1 N–H and O–H groups in total. The zero-order chi connectivity index (χ0) is 23.0. The molecule has 1 aliphatic rings. The lowest BCUT2D eigenvalue weighted by Gasteiger charge is -2.19. The molecule has 164 valence electrons. The number of allylic oxidation sites excluding steroid dienone is 3. The summed E-state index contributed by atoms with van der Waals surface area (Å²) in [5.41, 5.74) is -5.11. The second kappa shape index (κ2) is 8.16. The summed E-state index contributed by atoms with van der Waals surface area (Å²) in [6, 6.07) is 5.98. The van der Waals surface area contributed by atoms with E-state index in [-0.39, 0.29) is 12.8 Å². The average Bonchev–Trinajstić information content (AvgIpc) is 2.68. The highest BCUT2D eigenvalue weighted by Crippen LogP contribution is 2.43. The zero-order valence-electron chi connectivity index (χ0n) is 15.5. The Morgan fingerprint density at radius 2 is 1.45 bits per heavy atom. The molecule has 2 aromatic rings. The van der Waals surface area contributed by atoms with Crippen LogP contribution in [0.5, 0.6) is 0 Å². The SMILES string of the molecule is O=C(Nc1ccc(-c2ccccc2C(F)(F)F)c(C(F)(F)F)c1)C1=C(F)C(F)=CCC1. The Labute approximate surface area is 170 Å². The van der Waals surface area contributed by atoms with Gasteiger partial charge in [-0.1, -0.05) is 24.3 Å². The van der Waals surface area contributed by atoms with E-state index in [2.05, 4.69) is 0 Å². The van der Waals surface area contributed by atoms with Crippen molar-refractivity contribution in [3.8, 4) is 11.1 Å². The van der Waals surface area contributed by atoms with Crippen LogP contribution in [-0.4, -0.2) is 5.91 Å². The molecule has 3 rings (SSSR count). The summed E-state index contributed by atoms with van der Waals surface area (Å²) < 4.78 is 108. The predicted octanol–water partition coefficient (Wildman–Crippen LogP) is 7.20. The van der Waals surface area contributed by atoms with E-state index in [0.717, 1.165) is 30.3 Å². The van der Waals surface area contributed by atoms with Crippen LogP contribution in [0.4, 0.5) is 40.8 Å². The Hall–Kier alpha value is -3.17. The van der Waals surface area contributed by atoms with E-state index in [1.165, 1.54) is 6.07 Å². The maximum atomic E-state index is 13.8. The van der Waals surface area contributed by atoms with E-state index in [4.69, 9.17) is 0 Å². The minimum atomic E-state index is -5.06. The van der Waals surface area contributed by atoms with E-state index in [9.17, 15) is 39.9 Å². The van der Waals surface area contributed by atoms with Gasteiger partial charge in [-0.25, -0.2) is 8.78 Å². The van der Waals surface area contributed by atoms with Crippen molar-refractivity contribution in [1.29, 1.82) is 0 Å². The van der Waals surface area contributed by atoms with Crippen LogP contribution in [0.15, 0.2) is 65.8 Å². The monoisotopic (exact) mass is 447 g/mol. The number of rotatable bonds is 3. The van der Waals surface area contributed by atoms with Crippen molar-refractivity contribution in [3.63, 3.8) is 0 Å².